The first-order chi connectivity index (χ1) is 23.5. The van der Waals surface area contributed by atoms with Crippen molar-refractivity contribution in [2.75, 3.05) is 19.8 Å². The van der Waals surface area contributed by atoms with Crippen LogP contribution in [0.15, 0.2) is 0 Å². The summed E-state index contributed by atoms with van der Waals surface area (Å²) in [6, 6.07) is -2.91. The van der Waals surface area contributed by atoms with Crippen LogP contribution in [0.2, 0.25) is 0 Å². The van der Waals surface area contributed by atoms with Gasteiger partial charge in [0.05, 0.1) is 25.9 Å². The van der Waals surface area contributed by atoms with Gasteiger partial charge in [-0.3, -0.25) is 9.59 Å². The molecule has 0 aromatic carbocycles. The van der Waals surface area contributed by atoms with Gasteiger partial charge in [0.15, 0.2) is 25.2 Å². The van der Waals surface area contributed by atoms with Gasteiger partial charge in [0.1, 0.15) is 91.4 Å². The minimum absolute atomic E-state index is 0.627. The molecular formula is C28H48N2O20. The number of aliphatic hydroxyl groups excluding tert-OH is 11. The lowest BCUT2D eigenvalue weighted by Gasteiger charge is -2.50. The zero-order chi connectivity index (χ0) is 37.2. The van der Waals surface area contributed by atoms with Crippen molar-refractivity contribution in [2.45, 2.75) is 143 Å². The molecule has 20 atom stereocenters. The maximum Gasteiger partial charge on any atom is 0.217 e. The van der Waals surface area contributed by atoms with E-state index in [2.05, 4.69) is 10.6 Å². The molecule has 0 bridgehead atoms. The summed E-state index contributed by atoms with van der Waals surface area (Å²) >= 11 is 0. The van der Waals surface area contributed by atoms with Gasteiger partial charge < -0.3 is 100.0 Å². The normalized spacial score (nSPS) is 48.5. The molecular weight excluding hydrogens is 684 g/mol. The second-order valence-corrected chi connectivity index (χ2v) is 12.6. The lowest BCUT2D eigenvalue weighted by atomic mass is 9.94. The second-order valence-electron chi connectivity index (χ2n) is 12.6. The molecule has 22 nitrogen and oxygen atoms in total. The predicted molar refractivity (Wildman–Crippen MR) is 156 cm³/mol. The first-order valence-corrected chi connectivity index (χ1v) is 15.9. The van der Waals surface area contributed by atoms with Gasteiger partial charge in [0.2, 0.25) is 11.8 Å². The van der Waals surface area contributed by atoms with E-state index in [1.165, 1.54) is 6.92 Å². The fourth-order valence-corrected chi connectivity index (χ4v) is 6.19. The van der Waals surface area contributed by atoms with E-state index in [9.17, 15) is 65.8 Å². The fourth-order valence-electron chi connectivity index (χ4n) is 6.19. The van der Waals surface area contributed by atoms with Gasteiger partial charge in [-0.05, 0) is 6.92 Å². The quantitative estimate of drug-likeness (QED) is 0.0938. The van der Waals surface area contributed by atoms with Crippen LogP contribution >= 0.6 is 0 Å². The van der Waals surface area contributed by atoms with Crippen LogP contribution in [0.25, 0.3) is 0 Å². The lowest BCUT2D eigenvalue weighted by molar-refractivity contribution is -0.375. The van der Waals surface area contributed by atoms with E-state index in [0.29, 0.717) is 0 Å². The highest BCUT2D eigenvalue weighted by atomic mass is 16.8. The van der Waals surface area contributed by atoms with Gasteiger partial charge in [-0.2, -0.15) is 0 Å². The van der Waals surface area contributed by atoms with Gasteiger partial charge in [-0.25, -0.2) is 0 Å². The highest BCUT2D eigenvalue weighted by Crippen LogP contribution is 2.34. The Morgan fingerprint density at radius 2 is 1.06 bits per heavy atom. The lowest BCUT2D eigenvalue weighted by Crippen LogP contribution is -2.70. The standard InChI is InChI=1S/C28H48N2O20/c1-7-15(35)19(39)21(41)27(45-7)50-24-14(30-9(3)34)26(44-6-12-17(37)18(38)13(25(43)46-12)29-8(2)33)48-11(5-32)23(24)49-28-22(42)20(40)16(36)10(4-31)47-28/h7,10-28,31-32,35-43H,4-6H2,1-3H3,(H,29,33)(H,30,34)/t7-,10-,11-,12-,13+,14-,15+,16-,17-,18-,19+,20+,21-,22+,23-,24-,25-,26-,27+,28+/m1/s1. The molecule has 0 aliphatic carbocycles. The summed E-state index contributed by atoms with van der Waals surface area (Å²) in [5, 5.41) is 119. The number of rotatable bonds is 11. The Morgan fingerprint density at radius 1 is 0.560 bits per heavy atom. The molecule has 0 saturated carbocycles. The number of hydrogen-bond acceptors (Lipinski definition) is 20. The smallest absolute Gasteiger partial charge is 0.217 e. The summed E-state index contributed by atoms with van der Waals surface area (Å²) in [5.74, 6) is -1.35. The van der Waals surface area contributed by atoms with Crippen molar-refractivity contribution in [3.05, 3.63) is 0 Å². The number of carbonyl (C=O) groups excluding carboxylic acids is 2. The van der Waals surface area contributed by atoms with E-state index in [-0.39, 0.29) is 0 Å². The Bertz CT molecular complexity index is 1120. The molecule has 0 unspecified atom stereocenters. The van der Waals surface area contributed by atoms with Gasteiger partial charge in [0, 0.05) is 13.8 Å². The third kappa shape index (κ3) is 8.87. The molecule has 0 radical (unpaired) electrons. The van der Waals surface area contributed by atoms with Crippen LogP contribution in [0.4, 0.5) is 0 Å². The Hall–Kier alpha value is -1.78. The van der Waals surface area contributed by atoms with Crippen molar-refractivity contribution < 1.29 is 98.9 Å². The Kier molecular flexibility index (Phi) is 14.2. The van der Waals surface area contributed by atoms with Gasteiger partial charge in [-0.1, -0.05) is 0 Å². The average Bonchev–Trinajstić information content (AvgIpc) is 3.06. The first kappa shape index (κ1) is 41.0. The molecule has 4 aliphatic rings. The second kappa shape index (κ2) is 17.4. The van der Waals surface area contributed by atoms with Gasteiger partial charge in [-0.15, -0.1) is 0 Å². The maximum absolute atomic E-state index is 12.5. The summed E-state index contributed by atoms with van der Waals surface area (Å²) in [6.07, 6.45) is -30.1. The Morgan fingerprint density at radius 3 is 1.64 bits per heavy atom. The van der Waals surface area contributed by atoms with Crippen LogP contribution < -0.4 is 10.6 Å². The van der Waals surface area contributed by atoms with Crippen molar-refractivity contribution in [1.82, 2.24) is 10.6 Å². The third-order valence-corrected chi connectivity index (χ3v) is 8.95. The molecule has 4 heterocycles. The molecule has 13 N–H and O–H groups in total. The van der Waals surface area contributed by atoms with Crippen LogP contribution in [0.1, 0.15) is 20.8 Å². The third-order valence-electron chi connectivity index (χ3n) is 8.95. The van der Waals surface area contributed by atoms with Crippen molar-refractivity contribution in [1.29, 1.82) is 0 Å². The van der Waals surface area contributed by atoms with Gasteiger partial charge in [0.25, 0.3) is 0 Å². The summed E-state index contributed by atoms with van der Waals surface area (Å²) in [7, 11) is 0. The molecule has 0 aromatic heterocycles. The van der Waals surface area contributed by atoms with Crippen LogP contribution in [0.5, 0.6) is 0 Å². The fraction of sp³-hybridized carbons (Fsp3) is 0.929. The van der Waals surface area contributed by atoms with E-state index >= 15 is 0 Å². The summed E-state index contributed by atoms with van der Waals surface area (Å²) in [6.45, 7) is 1.22. The van der Waals surface area contributed by atoms with Gasteiger partial charge >= 0.3 is 0 Å². The highest BCUT2D eigenvalue weighted by Gasteiger charge is 2.55. The van der Waals surface area contributed by atoms with Crippen LogP contribution in [0.3, 0.4) is 0 Å². The predicted octanol–water partition coefficient (Wildman–Crippen LogP) is -8.43. The Labute approximate surface area is 285 Å². The molecule has 4 aliphatic heterocycles. The monoisotopic (exact) mass is 732 g/mol. The minimum Gasteiger partial charge on any atom is -0.394 e. The van der Waals surface area contributed by atoms with Crippen LogP contribution in [-0.2, 0) is 42.7 Å². The summed E-state index contributed by atoms with van der Waals surface area (Å²) in [5.41, 5.74) is 0. The number of nitrogens with one attached hydrogen (secondary N) is 2. The van der Waals surface area contributed by atoms with Crippen molar-refractivity contribution in [3.8, 4) is 0 Å². The molecule has 50 heavy (non-hydrogen) atoms. The number of aliphatic hydroxyl groups is 11. The zero-order valence-electron chi connectivity index (χ0n) is 27.3. The molecule has 4 rings (SSSR count). The Balaban J connectivity index is 1.65. The van der Waals surface area contributed by atoms with Crippen LogP contribution in [-0.4, -0.2) is 211 Å². The van der Waals surface area contributed by atoms with Crippen molar-refractivity contribution in [2.24, 2.45) is 0 Å². The SMILES string of the molecule is CC(=O)N[C@H]1[C@H](OC[C@H]2O[C@@H](O)[C@@H](NC(C)=O)[C@@H](O)[C@@H]2O)O[C@H](CO)[C@@H](O[C@@H]2O[C@H](CO)[C@@H](O)[C@H](O)[C@@H]2O)[C@@H]1O[C@@H]1O[C@H](C)[C@H](O)[C@H](O)[C@H]1O. The van der Waals surface area contributed by atoms with E-state index in [1.807, 2.05) is 0 Å². The topological polar surface area (TPSA) is 345 Å². The minimum atomic E-state index is -1.95. The zero-order valence-corrected chi connectivity index (χ0v) is 27.3. The number of ether oxygens (including phenoxy) is 7. The first-order valence-electron chi connectivity index (χ1n) is 15.9. The molecule has 4 fully saturated rings. The molecule has 0 aromatic rings. The largest absolute Gasteiger partial charge is 0.394 e. The van der Waals surface area contributed by atoms with E-state index in [4.69, 9.17) is 33.2 Å². The van der Waals surface area contributed by atoms with E-state index in [1.54, 1.807) is 0 Å². The van der Waals surface area contributed by atoms with E-state index < -0.39 is 154 Å². The molecule has 290 valence electrons. The molecule has 22 heteroatoms. The maximum atomic E-state index is 12.5. The highest BCUT2D eigenvalue weighted by molar-refractivity contribution is 5.73. The van der Waals surface area contributed by atoms with Crippen molar-refractivity contribution in [3.63, 3.8) is 0 Å². The summed E-state index contributed by atoms with van der Waals surface area (Å²) in [4.78, 5) is 24.0. The number of amides is 2. The number of carbonyl (C=O) groups is 2. The molecule has 4 saturated heterocycles. The number of hydrogen-bond donors (Lipinski definition) is 13. The molecule has 0 spiro atoms. The molecule has 2 amide bonds. The summed E-state index contributed by atoms with van der Waals surface area (Å²) < 4.78 is 40.1. The van der Waals surface area contributed by atoms with Crippen LogP contribution in [0, 0.1) is 0 Å². The average molecular weight is 733 g/mol. The van der Waals surface area contributed by atoms with Crippen molar-refractivity contribution >= 4 is 11.8 Å². The van der Waals surface area contributed by atoms with E-state index in [0.717, 1.165) is 13.8 Å².